The SMILES string of the molecule is Cc1csc(CNc2ccc3c(c2)CCN3C(=O)c2ccoc2)n1. The van der Waals surface area contributed by atoms with E-state index in [1.807, 2.05) is 24.0 Å². The maximum Gasteiger partial charge on any atom is 0.261 e. The normalized spacial score (nSPS) is 13.1. The van der Waals surface area contributed by atoms with Crippen molar-refractivity contribution >= 4 is 28.6 Å². The summed E-state index contributed by atoms with van der Waals surface area (Å²) in [4.78, 5) is 18.8. The van der Waals surface area contributed by atoms with Crippen LogP contribution in [0.5, 0.6) is 0 Å². The number of benzene rings is 1. The Balaban J connectivity index is 1.49. The highest BCUT2D eigenvalue weighted by atomic mass is 32.1. The highest BCUT2D eigenvalue weighted by Gasteiger charge is 2.26. The van der Waals surface area contributed by atoms with Crippen LogP contribution in [0, 0.1) is 6.92 Å². The van der Waals surface area contributed by atoms with Gasteiger partial charge in [-0.15, -0.1) is 11.3 Å². The summed E-state index contributed by atoms with van der Waals surface area (Å²) in [5.74, 6) is -0.0125. The molecule has 5 nitrogen and oxygen atoms in total. The molecule has 1 aromatic carbocycles. The summed E-state index contributed by atoms with van der Waals surface area (Å²) in [7, 11) is 0. The minimum atomic E-state index is -0.0125. The lowest BCUT2D eigenvalue weighted by atomic mass is 10.1. The summed E-state index contributed by atoms with van der Waals surface area (Å²) in [5, 5.41) is 6.53. The van der Waals surface area contributed by atoms with Gasteiger partial charge in [-0.3, -0.25) is 4.79 Å². The van der Waals surface area contributed by atoms with Gasteiger partial charge in [-0.05, 0) is 43.2 Å². The molecule has 0 saturated heterocycles. The van der Waals surface area contributed by atoms with Crippen LogP contribution in [-0.2, 0) is 13.0 Å². The van der Waals surface area contributed by atoms with E-state index in [0.29, 0.717) is 12.1 Å². The van der Waals surface area contributed by atoms with Gasteiger partial charge < -0.3 is 14.6 Å². The fourth-order valence-electron chi connectivity index (χ4n) is 2.93. The second-order valence-corrected chi connectivity index (χ2v) is 6.74. The minimum Gasteiger partial charge on any atom is -0.472 e. The molecule has 0 atom stereocenters. The smallest absolute Gasteiger partial charge is 0.261 e. The van der Waals surface area contributed by atoms with Gasteiger partial charge in [-0.2, -0.15) is 0 Å². The Kier molecular flexibility index (Phi) is 3.82. The molecule has 6 heteroatoms. The van der Waals surface area contributed by atoms with Gasteiger partial charge in [0, 0.05) is 29.0 Å². The molecule has 1 aliphatic rings. The van der Waals surface area contributed by atoms with Crippen molar-refractivity contribution in [1.29, 1.82) is 0 Å². The zero-order chi connectivity index (χ0) is 16.5. The molecule has 0 fully saturated rings. The number of anilines is 2. The van der Waals surface area contributed by atoms with E-state index in [1.165, 1.54) is 18.1 Å². The average molecular weight is 339 g/mol. The van der Waals surface area contributed by atoms with Crippen LogP contribution in [0.4, 0.5) is 11.4 Å². The number of carbonyl (C=O) groups is 1. The van der Waals surface area contributed by atoms with Crippen LogP contribution in [0.3, 0.4) is 0 Å². The standard InChI is InChI=1S/C18H17N3O2S/c1-12-11-24-17(20-12)9-19-15-2-3-16-13(8-15)4-6-21(16)18(22)14-5-7-23-10-14/h2-3,5,7-8,10-11,19H,4,6,9H2,1H3. The number of amides is 1. The van der Waals surface area contributed by atoms with E-state index >= 15 is 0 Å². The predicted molar refractivity (Wildman–Crippen MR) is 94.7 cm³/mol. The molecule has 0 radical (unpaired) electrons. The number of aromatic nitrogens is 1. The number of fused-ring (bicyclic) bond motifs is 1. The molecule has 1 aliphatic heterocycles. The number of hydrogen-bond donors (Lipinski definition) is 1. The summed E-state index contributed by atoms with van der Waals surface area (Å²) in [6.45, 7) is 3.42. The number of furan rings is 1. The van der Waals surface area contributed by atoms with Crippen LogP contribution >= 0.6 is 11.3 Å². The van der Waals surface area contributed by atoms with E-state index in [1.54, 1.807) is 17.4 Å². The van der Waals surface area contributed by atoms with Crippen molar-refractivity contribution in [2.24, 2.45) is 0 Å². The molecule has 4 rings (SSSR count). The lowest BCUT2D eigenvalue weighted by Gasteiger charge is -2.16. The van der Waals surface area contributed by atoms with Crippen LogP contribution in [0.1, 0.15) is 26.6 Å². The van der Waals surface area contributed by atoms with Gasteiger partial charge in [0.05, 0.1) is 18.4 Å². The van der Waals surface area contributed by atoms with Crippen molar-refractivity contribution in [2.45, 2.75) is 19.9 Å². The molecular formula is C18H17N3O2S. The highest BCUT2D eigenvalue weighted by molar-refractivity contribution is 7.09. The van der Waals surface area contributed by atoms with Gasteiger partial charge in [-0.25, -0.2) is 4.98 Å². The van der Waals surface area contributed by atoms with Gasteiger partial charge in [0.2, 0.25) is 0 Å². The Morgan fingerprint density at radius 1 is 1.42 bits per heavy atom. The second-order valence-electron chi connectivity index (χ2n) is 5.80. The van der Waals surface area contributed by atoms with E-state index in [9.17, 15) is 4.79 Å². The van der Waals surface area contributed by atoms with Crippen molar-refractivity contribution in [3.63, 3.8) is 0 Å². The quantitative estimate of drug-likeness (QED) is 0.784. The van der Waals surface area contributed by atoms with Crippen molar-refractivity contribution in [3.05, 3.63) is 64.0 Å². The molecule has 0 unspecified atom stereocenters. The minimum absolute atomic E-state index is 0.0125. The molecule has 24 heavy (non-hydrogen) atoms. The summed E-state index contributed by atoms with van der Waals surface area (Å²) in [5.41, 5.74) is 4.87. The number of aryl methyl sites for hydroxylation is 1. The third kappa shape index (κ3) is 2.80. The van der Waals surface area contributed by atoms with Crippen molar-refractivity contribution in [1.82, 2.24) is 4.98 Å². The third-order valence-electron chi connectivity index (χ3n) is 4.10. The number of nitrogens with one attached hydrogen (secondary N) is 1. The van der Waals surface area contributed by atoms with Crippen LogP contribution in [0.15, 0.2) is 46.6 Å². The Hall–Kier alpha value is -2.60. The maximum atomic E-state index is 12.5. The van der Waals surface area contributed by atoms with E-state index in [4.69, 9.17) is 4.42 Å². The highest BCUT2D eigenvalue weighted by Crippen LogP contribution is 2.31. The van der Waals surface area contributed by atoms with Crippen molar-refractivity contribution in [2.75, 3.05) is 16.8 Å². The van der Waals surface area contributed by atoms with E-state index in [2.05, 4.69) is 21.7 Å². The summed E-state index contributed by atoms with van der Waals surface area (Å²) >= 11 is 1.66. The van der Waals surface area contributed by atoms with Gasteiger partial charge >= 0.3 is 0 Å². The van der Waals surface area contributed by atoms with Crippen LogP contribution in [-0.4, -0.2) is 17.4 Å². The molecule has 0 saturated carbocycles. The molecule has 1 N–H and O–H groups in total. The van der Waals surface area contributed by atoms with Crippen molar-refractivity contribution in [3.8, 4) is 0 Å². The summed E-state index contributed by atoms with van der Waals surface area (Å²) in [6.07, 6.45) is 3.88. The van der Waals surface area contributed by atoms with E-state index in [-0.39, 0.29) is 5.91 Å². The zero-order valence-electron chi connectivity index (χ0n) is 13.3. The Morgan fingerprint density at radius 3 is 3.08 bits per heavy atom. The molecular weight excluding hydrogens is 322 g/mol. The Bertz CT molecular complexity index is 870. The number of thiazole rings is 1. The fourth-order valence-corrected chi connectivity index (χ4v) is 3.64. The van der Waals surface area contributed by atoms with Gasteiger partial charge in [0.25, 0.3) is 5.91 Å². The third-order valence-corrected chi connectivity index (χ3v) is 5.07. The molecule has 1 amide bonds. The van der Waals surface area contributed by atoms with E-state index in [0.717, 1.165) is 35.0 Å². The number of hydrogen-bond acceptors (Lipinski definition) is 5. The van der Waals surface area contributed by atoms with Crippen LogP contribution in [0.2, 0.25) is 0 Å². The van der Waals surface area contributed by atoms with Gasteiger partial charge in [0.1, 0.15) is 11.3 Å². The second kappa shape index (κ2) is 6.13. The lowest BCUT2D eigenvalue weighted by molar-refractivity contribution is 0.0989. The molecule has 0 spiro atoms. The summed E-state index contributed by atoms with van der Waals surface area (Å²) in [6, 6.07) is 7.85. The first-order chi connectivity index (χ1) is 11.7. The Morgan fingerprint density at radius 2 is 2.33 bits per heavy atom. The van der Waals surface area contributed by atoms with Gasteiger partial charge in [0.15, 0.2) is 0 Å². The largest absolute Gasteiger partial charge is 0.472 e. The molecule has 0 aliphatic carbocycles. The Labute approximate surface area is 143 Å². The number of nitrogens with zero attached hydrogens (tertiary/aromatic N) is 2. The maximum absolute atomic E-state index is 12.5. The van der Waals surface area contributed by atoms with Crippen LogP contribution in [0.25, 0.3) is 0 Å². The average Bonchev–Trinajstić information content (AvgIpc) is 3.32. The lowest BCUT2D eigenvalue weighted by Crippen LogP contribution is -2.28. The fraction of sp³-hybridized carbons (Fsp3) is 0.222. The molecule has 2 aromatic heterocycles. The van der Waals surface area contributed by atoms with Gasteiger partial charge in [-0.1, -0.05) is 0 Å². The zero-order valence-corrected chi connectivity index (χ0v) is 14.1. The summed E-state index contributed by atoms with van der Waals surface area (Å²) < 4.78 is 5.02. The number of rotatable bonds is 4. The first kappa shape index (κ1) is 15.0. The first-order valence-electron chi connectivity index (χ1n) is 7.82. The molecule has 122 valence electrons. The molecule has 0 bridgehead atoms. The van der Waals surface area contributed by atoms with Crippen molar-refractivity contribution < 1.29 is 9.21 Å². The molecule has 3 heterocycles. The molecule has 3 aromatic rings. The van der Waals surface area contributed by atoms with Crippen LogP contribution < -0.4 is 10.2 Å². The monoisotopic (exact) mass is 339 g/mol. The van der Waals surface area contributed by atoms with E-state index < -0.39 is 0 Å². The number of carbonyl (C=O) groups excluding carboxylic acids is 1. The topological polar surface area (TPSA) is 58.4 Å². The first-order valence-corrected chi connectivity index (χ1v) is 8.70. The predicted octanol–water partition coefficient (Wildman–Crippen LogP) is 3.86.